The summed E-state index contributed by atoms with van der Waals surface area (Å²) in [6, 6.07) is 22.8. The number of aryl methyl sites for hydroxylation is 2. The molecule has 56 heavy (non-hydrogen) atoms. The molecule has 3 aromatic carbocycles. The number of benzene rings is 3. The number of allylic oxidation sites excluding steroid dienone is 2. The molecule has 6 heteroatoms. The zero-order chi connectivity index (χ0) is 40.5. The van der Waals surface area contributed by atoms with E-state index >= 15 is 0 Å². The summed E-state index contributed by atoms with van der Waals surface area (Å²) in [7, 11) is 0. The van der Waals surface area contributed by atoms with Crippen LogP contribution in [0.1, 0.15) is 124 Å². The Morgan fingerprint density at radius 1 is 0.821 bits per heavy atom. The number of fused-ring (bicyclic) bond motifs is 3. The van der Waals surface area contributed by atoms with E-state index in [1.807, 2.05) is 53.8 Å². The van der Waals surface area contributed by atoms with Crippen molar-refractivity contribution in [1.82, 2.24) is 4.98 Å². The number of rotatable bonds is 11. The topological polar surface area (TPSA) is 76.5 Å². The van der Waals surface area contributed by atoms with E-state index in [0.29, 0.717) is 5.92 Å². The maximum atomic E-state index is 12.2. The summed E-state index contributed by atoms with van der Waals surface area (Å²) in [5, 5.41) is 14.7. The maximum absolute atomic E-state index is 12.2. The molecule has 0 aliphatic heterocycles. The molecule has 6 aromatic rings. The van der Waals surface area contributed by atoms with Gasteiger partial charge in [-0.2, -0.15) is 0 Å². The summed E-state index contributed by atoms with van der Waals surface area (Å²) in [4.78, 5) is 17.0. The van der Waals surface area contributed by atoms with Crippen LogP contribution in [0, 0.1) is 36.7 Å². The van der Waals surface area contributed by atoms with Gasteiger partial charge in [-0.15, -0.1) is 29.1 Å². The standard InChI is InChI=1S/C35H34NO2.C15H28O2.Ir/c1-20(2)16-30-21(3)26-13-12-24(19-31(26)37-30)33-22(4)27-14-15-36-32(34(27)38-33)25-17-23-10-8-9-11-28(23)29(18-25)35(5,6)7;1-7-14(5,8-2)12(16)11-13(17)15(6,9-3)10-4;/h8-15,18-20H,16H2,1-7H3;11,16H,7-10H2,1-6H3;/q-1;;/b;12-11-;. The number of carbonyl (C=O) groups is 1. The Labute approximate surface area is 348 Å². The Bertz CT molecular complexity index is 2340. The number of ketones is 1. The van der Waals surface area contributed by atoms with Gasteiger partial charge in [0, 0.05) is 77.2 Å². The van der Waals surface area contributed by atoms with Gasteiger partial charge >= 0.3 is 0 Å². The Kier molecular flexibility index (Phi) is 14.1. The number of hydrogen-bond donors (Lipinski definition) is 1. The Morgan fingerprint density at radius 2 is 1.46 bits per heavy atom. The molecule has 0 amide bonds. The third-order valence-electron chi connectivity index (χ3n) is 12.2. The average Bonchev–Trinajstić information content (AvgIpc) is 3.67. The molecule has 3 aromatic heterocycles. The molecule has 0 aliphatic carbocycles. The Hall–Kier alpha value is -3.99. The summed E-state index contributed by atoms with van der Waals surface area (Å²) in [5.41, 5.74) is 7.48. The molecule has 0 bridgehead atoms. The molecule has 301 valence electrons. The van der Waals surface area contributed by atoms with Crippen molar-refractivity contribution in [2.75, 3.05) is 0 Å². The van der Waals surface area contributed by atoms with Crippen molar-refractivity contribution in [3.63, 3.8) is 0 Å². The number of nitrogens with zero attached hydrogens (tertiary/aromatic N) is 1. The van der Waals surface area contributed by atoms with Crippen molar-refractivity contribution in [3.05, 3.63) is 101 Å². The molecule has 3 heterocycles. The van der Waals surface area contributed by atoms with E-state index in [1.54, 1.807) is 0 Å². The molecule has 0 aliphatic rings. The first-order valence-corrected chi connectivity index (χ1v) is 20.2. The second kappa shape index (κ2) is 17.7. The van der Waals surface area contributed by atoms with Crippen LogP contribution in [0.25, 0.3) is 55.3 Å². The zero-order valence-corrected chi connectivity index (χ0v) is 38.3. The van der Waals surface area contributed by atoms with Gasteiger partial charge in [-0.25, -0.2) is 0 Å². The van der Waals surface area contributed by atoms with Crippen LogP contribution < -0.4 is 0 Å². The number of aliphatic hydroxyl groups is 1. The van der Waals surface area contributed by atoms with Gasteiger partial charge < -0.3 is 13.9 Å². The fourth-order valence-corrected chi connectivity index (χ4v) is 7.26. The van der Waals surface area contributed by atoms with Crippen LogP contribution >= 0.6 is 0 Å². The number of hydrogen-bond acceptors (Lipinski definition) is 5. The normalized spacial score (nSPS) is 12.6. The van der Waals surface area contributed by atoms with E-state index in [9.17, 15) is 9.90 Å². The van der Waals surface area contributed by atoms with E-state index < -0.39 is 0 Å². The summed E-state index contributed by atoms with van der Waals surface area (Å²) in [6.07, 6.45) is 7.57. The molecule has 0 unspecified atom stereocenters. The van der Waals surface area contributed by atoms with Crippen LogP contribution in [0.2, 0.25) is 0 Å². The summed E-state index contributed by atoms with van der Waals surface area (Å²) in [6.45, 7) is 27.6. The van der Waals surface area contributed by atoms with Crippen molar-refractivity contribution in [2.24, 2.45) is 16.7 Å². The number of carbonyl (C=O) groups excluding carboxylic acids is 1. The predicted molar refractivity (Wildman–Crippen MR) is 231 cm³/mol. The zero-order valence-electron chi connectivity index (χ0n) is 35.9. The van der Waals surface area contributed by atoms with Crippen molar-refractivity contribution in [1.29, 1.82) is 0 Å². The van der Waals surface area contributed by atoms with Crippen molar-refractivity contribution in [3.8, 4) is 22.6 Å². The van der Waals surface area contributed by atoms with Crippen molar-refractivity contribution in [2.45, 2.75) is 128 Å². The van der Waals surface area contributed by atoms with E-state index in [0.717, 1.165) is 87.9 Å². The van der Waals surface area contributed by atoms with E-state index in [2.05, 4.69) is 103 Å². The van der Waals surface area contributed by atoms with Crippen LogP contribution in [-0.4, -0.2) is 15.9 Å². The van der Waals surface area contributed by atoms with Gasteiger partial charge in [0.05, 0.1) is 0 Å². The number of aliphatic hydroxyl groups excluding tert-OH is 1. The second-order valence-corrected chi connectivity index (χ2v) is 17.4. The smallest absolute Gasteiger partial charge is 0.164 e. The SMILES string of the molecule is CCC(C)(CC)C(=O)/C=C(\O)C(C)(CC)CC.Cc1c(CC(C)C)oc2cc(-c3oc4c(-c5[c-]c6ccccc6c(C(C)(C)C)c5)nccc4c3C)ccc12.[Ir]. The fourth-order valence-electron chi connectivity index (χ4n) is 7.26. The largest absolute Gasteiger partial charge is 0.512 e. The van der Waals surface area contributed by atoms with Gasteiger partial charge in [0.1, 0.15) is 28.4 Å². The first-order chi connectivity index (χ1) is 25.9. The fraction of sp³-hybridized carbons (Fsp3) is 0.440. The molecule has 1 radical (unpaired) electrons. The minimum Gasteiger partial charge on any atom is -0.512 e. The van der Waals surface area contributed by atoms with Gasteiger partial charge in [0.15, 0.2) is 5.78 Å². The molecule has 0 atom stereocenters. The number of pyridine rings is 1. The first kappa shape index (κ1) is 44.7. The molecule has 1 N–H and O–H groups in total. The van der Waals surface area contributed by atoms with Crippen LogP contribution in [0.4, 0.5) is 0 Å². The third kappa shape index (κ3) is 8.93. The van der Waals surface area contributed by atoms with E-state index in [-0.39, 0.29) is 47.9 Å². The number of aromatic nitrogens is 1. The average molecular weight is 933 g/mol. The minimum absolute atomic E-state index is 0. The molecular weight excluding hydrogens is 871 g/mol. The quantitative estimate of drug-likeness (QED) is 0.0796. The summed E-state index contributed by atoms with van der Waals surface area (Å²) < 4.78 is 12.9. The van der Waals surface area contributed by atoms with Crippen LogP contribution in [-0.2, 0) is 36.7 Å². The van der Waals surface area contributed by atoms with Crippen LogP contribution in [0.5, 0.6) is 0 Å². The van der Waals surface area contributed by atoms with Crippen molar-refractivity contribution >= 4 is 38.5 Å². The number of furan rings is 2. The van der Waals surface area contributed by atoms with Gasteiger partial charge in [0.2, 0.25) is 0 Å². The molecule has 0 saturated heterocycles. The van der Waals surface area contributed by atoms with Crippen LogP contribution in [0.3, 0.4) is 0 Å². The molecular formula is C50H62IrNO4-. The Morgan fingerprint density at radius 3 is 2.07 bits per heavy atom. The molecule has 0 spiro atoms. The summed E-state index contributed by atoms with van der Waals surface area (Å²) in [5.74, 6) is 2.76. The predicted octanol–water partition coefficient (Wildman–Crippen LogP) is 14.6. The summed E-state index contributed by atoms with van der Waals surface area (Å²) >= 11 is 0. The molecule has 0 saturated carbocycles. The maximum Gasteiger partial charge on any atom is 0.164 e. The Balaban J connectivity index is 0.000000330. The van der Waals surface area contributed by atoms with Crippen LogP contribution in [0.15, 0.2) is 81.5 Å². The second-order valence-electron chi connectivity index (χ2n) is 17.4. The molecule has 6 rings (SSSR count). The minimum atomic E-state index is -0.337. The van der Waals surface area contributed by atoms with Gasteiger partial charge in [0.25, 0.3) is 0 Å². The van der Waals surface area contributed by atoms with E-state index in [1.165, 1.54) is 28.0 Å². The monoisotopic (exact) mass is 933 g/mol. The molecule has 0 fully saturated rings. The third-order valence-corrected chi connectivity index (χ3v) is 12.2. The molecule has 5 nitrogen and oxygen atoms in total. The van der Waals surface area contributed by atoms with E-state index in [4.69, 9.17) is 13.8 Å². The van der Waals surface area contributed by atoms with Gasteiger partial charge in [-0.1, -0.05) is 117 Å². The van der Waals surface area contributed by atoms with Gasteiger partial charge in [-0.05, 0) is 68.6 Å². The first-order valence-electron chi connectivity index (χ1n) is 20.2. The van der Waals surface area contributed by atoms with Gasteiger partial charge in [-0.3, -0.25) is 9.78 Å². The van der Waals surface area contributed by atoms with Crippen molar-refractivity contribution < 1.29 is 38.8 Å².